The van der Waals surface area contributed by atoms with E-state index in [0.717, 1.165) is 0 Å². The van der Waals surface area contributed by atoms with Crippen LogP contribution in [0.5, 0.6) is 5.75 Å². The number of aliphatic hydroxyl groups excluding tert-OH is 2. The van der Waals surface area contributed by atoms with Crippen molar-refractivity contribution < 1.29 is 44.3 Å². The second-order valence-electron chi connectivity index (χ2n) is 10.9. The molecule has 0 saturated heterocycles. The van der Waals surface area contributed by atoms with Gasteiger partial charge in [0, 0.05) is 17.6 Å². The average molecular weight is 575 g/mol. The Labute approximate surface area is 240 Å². The van der Waals surface area contributed by atoms with E-state index in [1.165, 1.54) is 24.2 Å². The van der Waals surface area contributed by atoms with Crippen LogP contribution in [0.3, 0.4) is 0 Å². The highest BCUT2D eigenvalue weighted by Gasteiger charge is 2.64. The van der Waals surface area contributed by atoms with Crippen LogP contribution in [-0.2, 0) is 30.3 Å². The van der Waals surface area contributed by atoms with Gasteiger partial charge in [-0.1, -0.05) is 24.3 Å². The van der Waals surface area contributed by atoms with E-state index in [2.05, 4.69) is 4.74 Å². The summed E-state index contributed by atoms with van der Waals surface area (Å²) in [5.41, 5.74) is 4.17. The van der Waals surface area contributed by atoms with Crippen LogP contribution in [0.4, 0.5) is 0 Å². The maximum Gasteiger partial charge on any atom is 0.330 e. The van der Waals surface area contributed by atoms with Crippen molar-refractivity contribution in [1.29, 1.82) is 0 Å². The molecule has 0 aliphatic heterocycles. The lowest BCUT2D eigenvalue weighted by Crippen LogP contribution is -2.65. The number of carbonyl (C=O) groups excluding carboxylic acids is 4. The maximum absolute atomic E-state index is 14.0. The lowest BCUT2D eigenvalue weighted by molar-refractivity contribution is -0.153. The Morgan fingerprint density at radius 1 is 1.12 bits per heavy atom. The van der Waals surface area contributed by atoms with E-state index in [0.29, 0.717) is 22.3 Å². The number of primary amides is 1. The minimum absolute atomic E-state index is 0.000652. The Morgan fingerprint density at radius 3 is 2.48 bits per heavy atom. The highest BCUT2D eigenvalue weighted by atomic mass is 16.5. The van der Waals surface area contributed by atoms with Crippen molar-refractivity contribution in [2.45, 2.75) is 24.5 Å². The van der Waals surface area contributed by atoms with E-state index in [-0.39, 0.29) is 29.7 Å². The van der Waals surface area contributed by atoms with E-state index in [9.17, 15) is 39.6 Å². The van der Waals surface area contributed by atoms with Crippen molar-refractivity contribution in [1.82, 2.24) is 4.90 Å². The fourth-order valence-electron chi connectivity index (χ4n) is 6.56. The number of aromatic hydroxyl groups is 1. The molecule has 0 heterocycles. The molecule has 1 amide bonds. The lowest BCUT2D eigenvalue weighted by atomic mass is 9.57. The Hall–Kier alpha value is -4.74. The number of ether oxygens (including phenoxy) is 1. The van der Waals surface area contributed by atoms with E-state index in [4.69, 9.17) is 5.73 Å². The number of methoxy groups -OCH3 is 1. The molecule has 0 bridgehead atoms. The van der Waals surface area contributed by atoms with Gasteiger partial charge in [0.15, 0.2) is 11.4 Å². The van der Waals surface area contributed by atoms with Crippen LogP contribution < -0.4 is 5.73 Å². The van der Waals surface area contributed by atoms with Crippen molar-refractivity contribution in [3.05, 3.63) is 76.1 Å². The van der Waals surface area contributed by atoms with Crippen LogP contribution in [0.2, 0.25) is 0 Å². The fraction of sp³-hybridized carbons (Fsp3) is 0.290. The summed E-state index contributed by atoms with van der Waals surface area (Å²) in [4.78, 5) is 52.4. The molecule has 11 nitrogen and oxygen atoms in total. The number of hydrogen-bond acceptors (Lipinski definition) is 10. The molecule has 5 rings (SSSR count). The number of ketones is 2. The Balaban J connectivity index is 1.68. The molecule has 3 aliphatic rings. The summed E-state index contributed by atoms with van der Waals surface area (Å²) in [5, 5.41) is 45.0. The van der Waals surface area contributed by atoms with Crippen molar-refractivity contribution in [3.8, 4) is 16.9 Å². The lowest BCUT2D eigenvalue weighted by Gasteiger charge is -2.50. The molecule has 2 aromatic rings. The second kappa shape index (κ2) is 10.3. The molecule has 2 aromatic carbocycles. The minimum Gasteiger partial charge on any atom is -0.508 e. The molecule has 0 aromatic heterocycles. The normalized spacial score (nSPS) is 25.4. The molecule has 0 spiro atoms. The van der Waals surface area contributed by atoms with Crippen molar-refractivity contribution in [2.24, 2.45) is 17.6 Å². The molecule has 42 heavy (non-hydrogen) atoms. The standard InChI is InChI=1S/C31H30N2O9/c1-33(2)25-19-13-16-12-18-17(15-6-4-5-14(11-15)7-10-21(35)42-3)8-9-20(34)23(18)26(36)22(16)28(38)31(19,41)29(39)24(27(25)37)30(32)40/h4-11,16,19,25,34,36,39,41H,12-13H2,1-3H3,(H2,32,40)/b10-7+. The number of aliphatic hydroxyl groups is 3. The number of phenols is 1. The summed E-state index contributed by atoms with van der Waals surface area (Å²) < 4.78 is 4.65. The van der Waals surface area contributed by atoms with Crippen LogP contribution in [0.1, 0.15) is 23.1 Å². The Bertz CT molecular complexity index is 1650. The number of benzene rings is 2. The van der Waals surface area contributed by atoms with Gasteiger partial charge in [-0.15, -0.1) is 0 Å². The van der Waals surface area contributed by atoms with Crippen molar-refractivity contribution in [2.75, 3.05) is 21.2 Å². The number of esters is 1. The zero-order chi connectivity index (χ0) is 30.7. The van der Waals surface area contributed by atoms with Gasteiger partial charge in [-0.05, 0) is 73.3 Å². The monoisotopic (exact) mass is 574 g/mol. The molecular formula is C31H30N2O9. The van der Waals surface area contributed by atoms with Crippen LogP contribution in [0, 0.1) is 11.8 Å². The van der Waals surface area contributed by atoms with Gasteiger partial charge in [0.25, 0.3) is 5.91 Å². The molecule has 1 saturated carbocycles. The first-order valence-corrected chi connectivity index (χ1v) is 13.2. The Morgan fingerprint density at radius 2 is 1.83 bits per heavy atom. The van der Waals surface area contributed by atoms with Gasteiger partial charge in [0.05, 0.1) is 18.7 Å². The molecule has 0 radical (unpaired) electrons. The average Bonchev–Trinajstić information content (AvgIpc) is 2.93. The van der Waals surface area contributed by atoms with Gasteiger partial charge in [0.1, 0.15) is 22.8 Å². The van der Waals surface area contributed by atoms with E-state index < -0.39 is 64.0 Å². The quantitative estimate of drug-likeness (QED) is 0.200. The van der Waals surface area contributed by atoms with E-state index in [1.807, 2.05) is 12.1 Å². The third-order valence-electron chi connectivity index (χ3n) is 8.41. The summed E-state index contributed by atoms with van der Waals surface area (Å²) in [6, 6.07) is 9.08. The summed E-state index contributed by atoms with van der Waals surface area (Å²) in [6.45, 7) is 0. The topological polar surface area (TPSA) is 188 Å². The summed E-state index contributed by atoms with van der Waals surface area (Å²) in [6.07, 6.45) is 3.00. The highest BCUT2D eigenvalue weighted by molar-refractivity contribution is 6.24. The van der Waals surface area contributed by atoms with Gasteiger partial charge in [-0.3, -0.25) is 19.3 Å². The number of Topliss-reactive ketones (excluding diaryl/α,β-unsaturated/α-hetero) is 2. The number of nitrogens with zero attached hydrogens (tertiary/aromatic N) is 1. The minimum atomic E-state index is -2.70. The highest BCUT2D eigenvalue weighted by Crippen LogP contribution is 2.53. The van der Waals surface area contributed by atoms with Crippen LogP contribution in [-0.4, -0.2) is 81.6 Å². The number of phenolic OH excluding ortho intramolecular Hbond substituents is 1. The second-order valence-corrected chi connectivity index (χ2v) is 10.9. The number of hydrogen-bond donors (Lipinski definition) is 5. The van der Waals surface area contributed by atoms with Crippen LogP contribution in [0.15, 0.2) is 59.4 Å². The largest absolute Gasteiger partial charge is 0.508 e. The first kappa shape index (κ1) is 28.8. The Kier molecular flexibility index (Phi) is 7.04. The van der Waals surface area contributed by atoms with E-state index >= 15 is 0 Å². The molecule has 1 fully saturated rings. The molecule has 4 atom stereocenters. The predicted molar refractivity (Wildman–Crippen MR) is 151 cm³/mol. The smallest absolute Gasteiger partial charge is 0.330 e. The number of rotatable bonds is 5. The molecule has 218 valence electrons. The number of nitrogens with two attached hydrogens (primary N) is 1. The molecule has 6 N–H and O–H groups in total. The van der Waals surface area contributed by atoms with Crippen LogP contribution >= 0.6 is 0 Å². The summed E-state index contributed by atoms with van der Waals surface area (Å²) in [7, 11) is 4.37. The molecular weight excluding hydrogens is 544 g/mol. The first-order valence-electron chi connectivity index (χ1n) is 13.2. The van der Waals surface area contributed by atoms with Crippen molar-refractivity contribution >= 4 is 35.3 Å². The zero-order valence-corrected chi connectivity index (χ0v) is 23.1. The summed E-state index contributed by atoms with van der Waals surface area (Å²) in [5.74, 6) is -7.54. The zero-order valence-electron chi connectivity index (χ0n) is 23.1. The van der Waals surface area contributed by atoms with Gasteiger partial charge in [-0.2, -0.15) is 0 Å². The van der Waals surface area contributed by atoms with Gasteiger partial charge >= 0.3 is 5.97 Å². The SMILES string of the molecule is COC(=O)/C=C/c1cccc(-c2ccc(O)c3c2CC2CC4C(N(C)C)C(=O)C(C(N)=O)=C(O)C4(O)C(=O)C2=C3O)c1. The van der Waals surface area contributed by atoms with Gasteiger partial charge < -0.3 is 30.9 Å². The van der Waals surface area contributed by atoms with E-state index in [1.54, 1.807) is 38.4 Å². The first-order chi connectivity index (χ1) is 19.8. The fourth-order valence-corrected chi connectivity index (χ4v) is 6.56. The van der Waals surface area contributed by atoms with Gasteiger partial charge in [0.2, 0.25) is 5.78 Å². The molecule has 11 heteroatoms. The third-order valence-corrected chi connectivity index (χ3v) is 8.41. The summed E-state index contributed by atoms with van der Waals surface area (Å²) >= 11 is 0. The molecule has 4 unspecified atom stereocenters. The maximum atomic E-state index is 14.0. The van der Waals surface area contributed by atoms with Gasteiger partial charge in [-0.25, -0.2) is 4.79 Å². The number of likely N-dealkylation sites (N-methyl/N-ethyl adjacent to an activating group) is 1. The number of amides is 1. The predicted octanol–water partition coefficient (Wildman–Crippen LogP) is 1.82. The molecule has 3 aliphatic carbocycles. The van der Waals surface area contributed by atoms with Crippen LogP contribution in [0.25, 0.3) is 23.0 Å². The third kappa shape index (κ3) is 4.20. The van der Waals surface area contributed by atoms with Crippen molar-refractivity contribution in [3.63, 3.8) is 0 Å². The number of carbonyl (C=O) groups is 4. The number of fused-ring (bicyclic) bond motifs is 3.